The number of Topliss-reactive ketones (excluding diaryl/α,β-unsaturated/α-hetero) is 3. The van der Waals surface area contributed by atoms with E-state index in [0.29, 0.717) is 11.5 Å². The van der Waals surface area contributed by atoms with Crippen LogP contribution in [0.5, 0.6) is 5.75 Å². The van der Waals surface area contributed by atoms with Crippen molar-refractivity contribution < 1.29 is 34.8 Å². The van der Waals surface area contributed by atoms with Gasteiger partial charge in [-0.05, 0) is 74.1 Å². The van der Waals surface area contributed by atoms with Gasteiger partial charge in [-0.1, -0.05) is 53.7 Å². The SMILES string of the molecule is CC(=O)C1=C(O)C(C(C)C)[C@@]2(C)C[C@@]3(C)Cc4c(/C(C)=C\CCC(C)C)ccc(O)c4C(=O)C3=C(O)[C@@]2(O)C1=O. The number of phenols is 1. The predicted octanol–water partition coefficient (Wildman–Crippen LogP) is 6.19. The number of aliphatic hydroxyl groups is 3. The summed E-state index contributed by atoms with van der Waals surface area (Å²) in [5.74, 6) is -4.51. The molecule has 3 aliphatic carbocycles. The smallest absolute Gasteiger partial charge is 0.209 e. The summed E-state index contributed by atoms with van der Waals surface area (Å²) < 4.78 is 0. The van der Waals surface area contributed by atoms with Crippen molar-refractivity contribution in [2.24, 2.45) is 28.6 Å². The molecule has 0 heterocycles. The zero-order chi connectivity index (χ0) is 30.1. The van der Waals surface area contributed by atoms with Crippen molar-refractivity contribution in [1.29, 1.82) is 0 Å². The summed E-state index contributed by atoms with van der Waals surface area (Å²) in [5.41, 5.74) is -3.23. The average molecular weight is 551 g/mol. The highest BCUT2D eigenvalue weighted by molar-refractivity contribution is 6.25. The lowest BCUT2D eigenvalue weighted by Gasteiger charge is -2.59. The molecule has 0 saturated carbocycles. The van der Waals surface area contributed by atoms with Gasteiger partial charge in [0.25, 0.3) is 0 Å². The molecule has 0 fully saturated rings. The Kier molecular flexibility index (Phi) is 7.24. The molecule has 0 amide bonds. The summed E-state index contributed by atoms with van der Waals surface area (Å²) in [5, 5.41) is 46.0. The van der Waals surface area contributed by atoms with Gasteiger partial charge in [0.1, 0.15) is 22.8 Å². The molecule has 0 aliphatic heterocycles. The highest BCUT2D eigenvalue weighted by Crippen LogP contribution is 2.65. The highest BCUT2D eigenvalue weighted by atomic mass is 16.3. The molecule has 4 N–H and O–H groups in total. The first kappa shape index (κ1) is 29.8. The topological polar surface area (TPSA) is 132 Å². The van der Waals surface area contributed by atoms with Crippen LogP contribution in [0.2, 0.25) is 0 Å². The molecule has 1 aromatic carbocycles. The Morgan fingerprint density at radius 3 is 2.25 bits per heavy atom. The maximum atomic E-state index is 14.1. The molecule has 0 aromatic heterocycles. The number of rotatable bonds is 6. The van der Waals surface area contributed by atoms with Crippen LogP contribution in [0.4, 0.5) is 0 Å². The summed E-state index contributed by atoms with van der Waals surface area (Å²) in [6.07, 6.45) is 4.35. The first-order valence-electron chi connectivity index (χ1n) is 14.2. The molecule has 3 aliphatic rings. The van der Waals surface area contributed by atoms with Crippen LogP contribution in [0.1, 0.15) is 96.1 Å². The molecule has 1 unspecified atom stereocenters. The van der Waals surface area contributed by atoms with Crippen LogP contribution in [0.15, 0.2) is 40.9 Å². The maximum Gasteiger partial charge on any atom is 0.209 e. The molecular weight excluding hydrogens is 508 g/mol. The van der Waals surface area contributed by atoms with Crippen LogP contribution in [0.3, 0.4) is 0 Å². The summed E-state index contributed by atoms with van der Waals surface area (Å²) in [6.45, 7) is 14.5. The Morgan fingerprint density at radius 2 is 1.70 bits per heavy atom. The van der Waals surface area contributed by atoms with E-state index in [2.05, 4.69) is 19.9 Å². The molecule has 4 atom stereocenters. The number of benzene rings is 1. The van der Waals surface area contributed by atoms with E-state index < -0.39 is 51.0 Å². The second kappa shape index (κ2) is 9.72. The number of phenolic OH excluding ortho intramolecular Hbond substituents is 1. The first-order valence-corrected chi connectivity index (χ1v) is 14.2. The van der Waals surface area contributed by atoms with Gasteiger partial charge in [-0.15, -0.1) is 0 Å². The molecule has 0 spiro atoms. The second-order valence-corrected chi connectivity index (χ2v) is 13.3. The molecule has 0 bridgehead atoms. The third kappa shape index (κ3) is 3.99. The van der Waals surface area contributed by atoms with Crippen molar-refractivity contribution in [1.82, 2.24) is 0 Å². The van der Waals surface area contributed by atoms with Crippen molar-refractivity contribution in [3.8, 4) is 5.75 Å². The minimum Gasteiger partial charge on any atom is -0.511 e. The van der Waals surface area contributed by atoms with Crippen LogP contribution in [0.25, 0.3) is 5.57 Å². The molecule has 1 aromatic rings. The lowest BCUT2D eigenvalue weighted by molar-refractivity contribution is -0.171. The second-order valence-electron chi connectivity index (χ2n) is 13.3. The monoisotopic (exact) mass is 550 g/mol. The number of aliphatic hydroxyl groups excluding tert-OH is 2. The molecule has 4 rings (SSSR count). The summed E-state index contributed by atoms with van der Waals surface area (Å²) in [4.78, 5) is 40.4. The third-order valence-electron chi connectivity index (χ3n) is 9.51. The van der Waals surface area contributed by atoms with E-state index in [4.69, 9.17) is 0 Å². The van der Waals surface area contributed by atoms with Gasteiger partial charge in [-0.2, -0.15) is 0 Å². The van der Waals surface area contributed by atoms with Gasteiger partial charge in [0.2, 0.25) is 5.78 Å². The molecular formula is C33H42O7. The number of hydrogen-bond acceptors (Lipinski definition) is 7. The quantitative estimate of drug-likeness (QED) is 0.311. The Balaban J connectivity index is 1.99. The van der Waals surface area contributed by atoms with Crippen LogP contribution in [-0.4, -0.2) is 43.4 Å². The lowest BCUT2D eigenvalue weighted by Crippen LogP contribution is -2.67. The van der Waals surface area contributed by atoms with Crippen LogP contribution in [0, 0.1) is 28.6 Å². The highest BCUT2D eigenvalue weighted by Gasteiger charge is 2.71. The van der Waals surface area contributed by atoms with Crippen molar-refractivity contribution in [2.75, 3.05) is 0 Å². The summed E-state index contributed by atoms with van der Waals surface area (Å²) in [7, 11) is 0. The van der Waals surface area contributed by atoms with Gasteiger partial charge >= 0.3 is 0 Å². The number of carbonyl (C=O) groups excluding carboxylic acids is 3. The standard InChI is InChI=1S/C33H42O7/c1-16(2)10-9-11-18(5)20-12-13-22(35)24-21(20)14-31(7)15-32(8)25(17(3)4)27(36)23(19(6)34)29(38)33(32,40)30(39)26(31)28(24)37/h11-13,16-17,25,35-36,39-40H,9-10,14-15H2,1-8H3/b18-11-/t25?,31-,32-,33+/m1/s1. The molecule has 0 radical (unpaired) electrons. The number of hydrogen-bond donors (Lipinski definition) is 4. The normalized spacial score (nSPS) is 30.6. The Labute approximate surface area is 236 Å². The van der Waals surface area contributed by atoms with E-state index in [0.717, 1.165) is 30.9 Å². The van der Waals surface area contributed by atoms with Gasteiger partial charge in [-0.3, -0.25) is 14.4 Å². The Bertz CT molecular complexity index is 1410. The zero-order valence-electron chi connectivity index (χ0n) is 24.8. The number of fused-ring (bicyclic) bond motifs is 3. The largest absolute Gasteiger partial charge is 0.511 e. The zero-order valence-corrected chi connectivity index (χ0v) is 24.8. The van der Waals surface area contributed by atoms with Crippen molar-refractivity contribution in [2.45, 2.75) is 86.7 Å². The van der Waals surface area contributed by atoms with E-state index >= 15 is 0 Å². The number of carbonyl (C=O) groups is 3. The van der Waals surface area contributed by atoms with Gasteiger partial charge in [0.05, 0.1) is 5.56 Å². The fourth-order valence-corrected chi connectivity index (χ4v) is 7.84. The van der Waals surface area contributed by atoms with Gasteiger partial charge < -0.3 is 20.4 Å². The van der Waals surface area contributed by atoms with Crippen LogP contribution < -0.4 is 0 Å². The van der Waals surface area contributed by atoms with Crippen molar-refractivity contribution in [3.63, 3.8) is 0 Å². The number of aromatic hydroxyl groups is 1. The molecule has 216 valence electrons. The van der Waals surface area contributed by atoms with E-state index in [1.807, 2.05) is 27.7 Å². The van der Waals surface area contributed by atoms with Crippen LogP contribution >= 0.6 is 0 Å². The van der Waals surface area contributed by atoms with Gasteiger partial charge in [-0.25, -0.2) is 0 Å². The minimum absolute atomic E-state index is 0.0502. The van der Waals surface area contributed by atoms with E-state index in [-0.39, 0.29) is 41.4 Å². The maximum absolute atomic E-state index is 14.1. The summed E-state index contributed by atoms with van der Waals surface area (Å²) >= 11 is 0. The van der Waals surface area contributed by atoms with E-state index in [9.17, 15) is 34.8 Å². The van der Waals surface area contributed by atoms with Crippen molar-refractivity contribution >= 4 is 22.9 Å². The molecule has 0 saturated heterocycles. The van der Waals surface area contributed by atoms with Crippen LogP contribution in [-0.2, 0) is 16.0 Å². The van der Waals surface area contributed by atoms with E-state index in [1.54, 1.807) is 13.0 Å². The fraction of sp³-hybridized carbons (Fsp3) is 0.545. The predicted molar refractivity (Wildman–Crippen MR) is 153 cm³/mol. The molecule has 7 heteroatoms. The molecule has 40 heavy (non-hydrogen) atoms. The fourth-order valence-electron chi connectivity index (χ4n) is 7.84. The number of ketones is 3. The average Bonchev–Trinajstić information content (AvgIpc) is 2.80. The molecule has 7 nitrogen and oxygen atoms in total. The van der Waals surface area contributed by atoms with E-state index in [1.165, 1.54) is 6.07 Å². The van der Waals surface area contributed by atoms with Gasteiger partial charge in [0.15, 0.2) is 17.2 Å². The third-order valence-corrected chi connectivity index (χ3v) is 9.51. The Morgan fingerprint density at radius 1 is 1.07 bits per heavy atom. The number of allylic oxidation sites excluding steroid dienone is 4. The summed E-state index contributed by atoms with van der Waals surface area (Å²) in [6, 6.07) is 3.26. The van der Waals surface area contributed by atoms with Gasteiger partial charge in [0, 0.05) is 22.3 Å². The lowest BCUT2D eigenvalue weighted by atomic mass is 9.44. The first-order chi connectivity index (χ1) is 18.4. The minimum atomic E-state index is -2.60. The van der Waals surface area contributed by atoms with Crippen molar-refractivity contribution in [3.05, 3.63) is 57.6 Å². The Hall–Kier alpha value is -3.19.